The van der Waals surface area contributed by atoms with Crippen LogP contribution < -0.4 is 10.6 Å². The molecular formula is C21H30N2O3S. The highest BCUT2D eigenvalue weighted by Crippen LogP contribution is 2.40. The van der Waals surface area contributed by atoms with Crippen molar-refractivity contribution in [1.82, 2.24) is 10.6 Å². The summed E-state index contributed by atoms with van der Waals surface area (Å²) in [5.74, 6) is -1.01. The Hall–Kier alpha value is -1.53. The summed E-state index contributed by atoms with van der Waals surface area (Å²) in [5.41, 5.74) is 0. The van der Waals surface area contributed by atoms with Gasteiger partial charge in [-0.1, -0.05) is 43.9 Å². The molecule has 0 spiro atoms. The maximum absolute atomic E-state index is 12.4. The molecule has 2 N–H and O–H groups in total. The molecule has 5 nitrogen and oxygen atoms in total. The fraction of sp³-hybridized carbons (Fsp3) is 0.619. The molecule has 0 radical (unpaired) electrons. The van der Waals surface area contributed by atoms with Crippen molar-refractivity contribution in [2.45, 2.75) is 67.1 Å². The van der Waals surface area contributed by atoms with Crippen LogP contribution in [-0.4, -0.2) is 42.4 Å². The third kappa shape index (κ3) is 6.25. The maximum atomic E-state index is 12.4. The molecule has 0 aromatic heterocycles. The lowest BCUT2D eigenvalue weighted by atomic mass is 9.99. The van der Waals surface area contributed by atoms with E-state index in [-0.39, 0.29) is 10.8 Å². The smallest absolute Gasteiger partial charge is 0.309 e. The first-order valence-electron chi connectivity index (χ1n) is 10.1. The molecule has 0 atom stereocenters. The standard InChI is InChI=1S/C21H30N2O3S/c24-19(20(25)23-17-8-4-1-2-5-9-17)22-16-21(12-14-26-15-13-21)27-18-10-6-3-7-11-18/h3,6-7,10-11,17H,1-2,4-5,8-9,12-16H2,(H,22,24)(H,23,25). The lowest BCUT2D eigenvalue weighted by Gasteiger charge is -2.36. The monoisotopic (exact) mass is 390 g/mol. The molecule has 0 unspecified atom stereocenters. The second-order valence-corrected chi connectivity index (χ2v) is 9.10. The molecule has 3 rings (SSSR count). The fourth-order valence-electron chi connectivity index (χ4n) is 3.79. The molecule has 2 amide bonds. The average Bonchev–Trinajstić information content (AvgIpc) is 2.96. The van der Waals surface area contributed by atoms with Gasteiger partial charge in [0.15, 0.2) is 0 Å². The Morgan fingerprint density at radius 2 is 1.67 bits per heavy atom. The molecule has 2 aliphatic rings. The van der Waals surface area contributed by atoms with Gasteiger partial charge in [-0.05, 0) is 37.8 Å². The molecule has 0 bridgehead atoms. The number of hydrogen-bond donors (Lipinski definition) is 2. The molecule has 148 valence electrons. The summed E-state index contributed by atoms with van der Waals surface area (Å²) >= 11 is 1.78. The zero-order valence-electron chi connectivity index (χ0n) is 15.9. The summed E-state index contributed by atoms with van der Waals surface area (Å²) in [7, 11) is 0. The number of thioether (sulfide) groups is 1. The molecule has 1 saturated heterocycles. The van der Waals surface area contributed by atoms with Crippen LogP contribution in [0.4, 0.5) is 0 Å². The van der Waals surface area contributed by atoms with E-state index in [2.05, 4.69) is 22.8 Å². The van der Waals surface area contributed by atoms with Gasteiger partial charge < -0.3 is 15.4 Å². The predicted octanol–water partition coefficient (Wildman–Crippen LogP) is 3.28. The van der Waals surface area contributed by atoms with Crippen molar-refractivity contribution >= 4 is 23.6 Å². The van der Waals surface area contributed by atoms with E-state index in [0.717, 1.165) is 38.5 Å². The molecule has 27 heavy (non-hydrogen) atoms. The third-order valence-corrected chi connectivity index (χ3v) is 6.94. The average molecular weight is 391 g/mol. The topological polar surface area (TPSA) is 67.4 Å². The molecule has 1 saturated carbocycles. The van der Waals surface area contributed by atoms with Crippen LogP contribution in [0.25, 0.3) is 0 Å². The van der Waals surface area contributed by atoms with Crippen LogP contribution in [0.5, 0.6) is 0 Å². The highest BCUT2D eigenvalue weighted by molar-refractivity contribution is 8.00. The van der Waals surface area contributed by atoms with Crippen LogP contribution in [-0.2, 0) is 14.3 Å². The van der Waals surface area contributed by atoms with Crippen LogP contribution in [0.2, 0.25) is 0 Å². The van der Waals surface area contributed by atoms with Gasteiger partial charge in [-0.15, -0.1) is 11.8 Å². The summed E-state index contributed by atoms with van der Waals surface area (Å²) in [5, 5.41) is 5.82. The van der Waals surface area contributed by atoms with Crippen LogP contribution in [0.15, 0.2) is 35.2 Å². The maximum Gasteiger partial charge on any atom is 0.309 e. The van der Waals surface area contributed by atoms with Crippen molar-refractivity contribution < 1.29 is 14.3 Å². The number of amides is 2. The van der Waals surface area contributed by atoms with E-state index < -0.39 is 11.8 Å². The molecule has 1 aromatic carbocycles. The Kier molecular flexibility index (Phi) is 7.59. The Bertz CT molecular complexity index is 609. The van der Waals surface area contributed by atoms with Crippen LogP contribution in [0, 0.1) is 0 Å². The highest BCUT2D eigenvalue weighted by Gasteiger charge is 2.35. The van der Waals surface area contributed by atoms with E-state index in [1.807, 2.05) is 18.2 Å². The first kappa shape index (κ1) is 20.2. The number of carbonyl (C=O) groups is 2. The second-order valence-electron chi connectivity index (χ2n) is 7.56. The normalized spacial score (nSPS) is 20.4. The summed E-state index contributed by atoms with van der Waals surface area (Å²) in [6.45, 7) is 1.85. The zero-order valence-corrected chi connectivity index (χ0v) is 16.7. The number of rotatable bonds is 5. The van der Waals surface area contributed by atoms with Crippen LogP contribution in [0.1, 0.15) is 51.4 Å². The summed E-state index contributed by atoms with van der Waals surface area (Å²) in [4.78, 5) is 25.9. The first-order chi connectivity index (χ1) is 13.2. The molecule has 6 heteroatoms. The molecule has 1 heterocycles. The van der Waals surface area contributed by atoms with Crippen molar-refractivity contribution in [3.05, 3.63) is 30.3 Å². The number of ether oxygens (including phenoxy) is 1. The van der Waals surface area contributed by atoms with Crippen molar-refractivity contribution in [2.75, 3.05) is 19.8 Å². The minimum atomic E-state index is -0.515. The number of hydrogen-bond acceptors (Lipinski definition) is 4. The molecule has 1 aliphatic carbocycles. The largest absolute Gasteiger partial charge is 0.381 e. The number of carbonyl (C=O) groups excluding carboxylic acids is 2. The van der Waals surface area contributed by atoms with Gasteiger partial charge in [-0.2, -0.15) is 0 Å². The minimum Gasteiger partial charge on any atom is -0.381 e. The van der Waals surface area contributed by atoms with Gasteiger partial charge in [0.1, 0.15) is 0 Å². The predicted molar refractivity (Wildman–Crippen MR) is 108 cm³/mol. The molecule has 2 fully saturated rings. The second kappa shape index (κ2) is 10.1. The quantitative estimate of drug-likeness (QED) is 0.598. The van der Waals surface area contributed by atoms with E-state index in [1.54, 1.807) is 11.8 Å². The molecular weight excluding hydrogens is 360 g/mol. The van der Waals surface area contributed by atoms with Gasteiger partial charge in [0, 0.05) is 35.4 Å². The first-order valence-corrected chi connectivity index (χ1v) is 10.9. The van der Waals surface area contributed by atoms with Gasteiger partial charge in [-0.25, -0.2) is 0 Å². The van der Waals surface area contributed by atoms with Crippen LogP contribution >= 0.6 is 11.8 Å². The lowest BCUT2D eigenvalue weighted by molar-refractivity contribution is -0.139. The van der Waals surface area contributed by atoms with E-state index in [9.17, 15) is 9.59 Å². The van der Waals surface area contributed by atoms with Gasteiger partial charge in [0.2, 0.25) is 0 Å². The van der Waals surface area contributed by atoms with Crippen molar-refractivity contribution in [1.29, 1.82) is 0 Å². The third-order valence-electron chi connectivity index (χ3n) is 5.45. The Morgan fingerprint density at radius 1 is 1.00 bits per heavy atom. The van der Waals surface area contributed by atoms with Crippen molar-refractivity contribution in [3.63, 3.8) is 0 Å². The summed E-state index contributed by atoms with van der Waals surface area (Å²) in [6, 6.07) is 10.4. The molecule has 1 aliphatic heterocycles. The summed E-state index contributed by atoms with van der Waals surface area (Å²) in [6.07, 6.45) is 8.37. The lowest BCUT2D eigenvalue weighted by Crippen LogP contribution is -2.49. The van der Waals surface area contributed by atoms with Crippen molar-refractivity contribution in [2.24, 2.45) is 0 Å². The minimum absolute atomic E-state index is 0.127. The van der Waals surface area contributed by atoms with Gasteiger partial charge in [0.25, 0.3) is 0 Å². The molecule has 1 aromatic rings. The zero-order chi connectivity index (χ0) is 19.0. The number of nitrogens with one attached hydrogen (secondary N) is 2. The van der Waals surface area contributed by atoms with E-state index in [0.29, 0.717) is 19.8 Å². The SMILES string of the molecule is O=C(NCC1(Sc2ccccc2)CCOCC1)C(=O)NC1CCCCCC1. The van der Waals surface area contributed by atoms with Gasteiger partial charge in [-0.3, -0.25) is 9.59 Å². The van der Waals surface area contributed by atoms with Gasteiger partial charge >= 0.3 is 11.8 Å². The fourth-order valence-corrected chi connectivity index (χ4v) is 5.10. The van der Waals surface area contributed by atoms with E-state index in [1.165, 1.54) is 17.7 Å². The van der Waals surface area contributed by atoms with E-state index in [4.69, 9.17) is 4.74 Å². The highest BCUT2D eigenvalue weighted by atomic mass is 32.2. The van der Waals surface area contributed by atoms with Crippen LogP contribution in [0.3, 0.4) is 0 Å². The Balaban J connectivity index is 1.54. The van der Waals surface area contributed by atoms with Gasteiger partial charge in [0.05, 0.1) is 0 Å². The Morgan fingerprint density at radius 3 is 2.33 bits per heavy atom. The summed E-state index contributed by atoms with van der Waals surface area (Å²) < 4.78 is 5.40. The Labute approximate surface area is 166 Å². The van der Waals surface area contributed by atoms with E-state index >= 15 is 0 Å². The van der Waals surface area contributed by atoms with Crippen molar-refractivity contribution in [3.8, 4) is 0 Å². The number of benzene rings is 1.